The molecule has 1 amide bonds. The molecule has 1 aromatic carbocycles. The third-order valence-electron chi connectivity index (χ3n) is 4.39. The maximum Gasteiger partial charge on any atom is 0.244 e. The minimum absolute atomic E-state index is 0. The number of nitrogens with zero attached hydrogens (tertiary/aromatic N) is 2. The molecule has 7 heteroatoms. The van der Waals surface area contributed by atoms with Crippen molar-refractivity contribution in [3.05, 3.63) is 35.9 Å². The van der Waals surface area contributed by atoms with Crippen LogP contribution in [-0.4, -0.2) is 61.6 Å². The van der Waals surface area contributed by atoms with Crippen LogP contribution in [0, 0.1) is 0 Å². The molecule has 0 aromatic heterocycles. The van der Waals surface area contributed by atoms with Crippen molar-refractivity contribution in [1.29, 1.82) is 0 Å². The molecule has 1 fully saturated rings. The second-order valence-electron chi connectivity index (χ2n) is 5.76. The normalized spacial score (nSPS) is 19.1. The molecule has 2 N–H and O–H groups in total. The molecule has 5 nitrogen and oxygen atoms in total. The van der Waals surface area contributed by atoms with Crippen molar-refractivity contribution in [3.63, 3.8) is 0 Å². The SMILES string of the molecule is CCC1CN(C(=O)C(N)c2ccccc2)CCN1CCOC.Cl.Cl. The minimum atomic E-state index is -0.566. The fourth-order valence-corrected chi connectivity index (χ4v) is 2.98. The lowest BCUT2D eigenvalue weighted by atomic mass is 10.0. The van der Waals surface area contributed by atoms with Crippen LogP contribution in [0.5, 0.6) is 0 Å². The standard InChI is InChI=1S/C17H27N3O2.2ClH/c1-3-15-13-20(10-9-19(15)11-12-22-2)17(21)16(18)14-7-5-4-6-8-14;;/h4-8,15-16H,3,9-13,18H2,1-2H3;2*1H. The van der Waals surface area contributed by atoms with Gasteiger partial charge in [0.05, 0.1) is 6.61 Å². The molecule has 138 valence electrons. The molecule has 1 aliphatic heterocycles. The molecule has 1 heterocycles. The molecule has 2 atom stereocenters. The first kappa shape index (κ1) is 23.1. The summed E-state index contributed by atoms with van der Waals surface area (Å²) in [6.07, 6.45) is 1.02. The van der Waals surface area contributed by atoms with Gasteiger partial charge in [-0.1, -0.05) is 37.3 Å². The molecular formula is C17H29Cl2N3O2. The lowest BCUT2D eigenvalue weighted by Gasteiger charge is -2.41. The monoisotopic (exact) mass is 377 g/mol. The zero-order valence-electron chi connectivity index (χ0n) is 14.4. The number of benzene rings is 1. The van der Waals surface area contributed by atoms with E-state index in [-0.39, 0.29) is 30.7 Å². The van der Waals surface area contributed by atoms with Crippen LogP contribution in [0.4, 0.5) is 0 Å². The highest BCUT2D eigenvalue weighted by Crippen LogP contribution is 2.18. The number of halogens is 2. The van der Waals surface area contributed by atoms with Gasteiger partial charge in [-0.3, -0.25) is 9.69 Å². The van der Waals surface area contributed by atoms with Gasteiger partial charge in [-0.05, 0) is 12.0 Å². The van der Waals surface area contributed by atoms with Crippen LogP contribution in [0.1, 0.15) is 24.9 Å². The maximum atomic E-state index is 12.6. The molecule has 0 radical (unpaired) electrons. The smallest absolute Gasteiger partial charge is 0.244 e. The van der Waals surface area contributed by atoms with E-state index in [1.54, 1.807) is 7.11 Å². The Hall–Kier alpha value is -0.850. The van der Waals surface area contributed by atoms with E-state index < -0.39 is 6.04 Å². The first-order valence-corrected chi connectivity index (χ1v) is 7.99. The van der Waals surface area contributed by atoms with Crippen LogP contribution in [0.15, 0.2) is 30.3 Å². The Kier molecular flexibility index (Phi) is 11.2. The molecule has 0 spiro atoms. The lowest BCUT2D eigenvalue weighted by Crippen LogP contribution is -2.56. The van der Waals surface area contributed by atoms with Crippen LogP contribution in [-0.2, 0) is 9.53 Å². The number of amides is 1. The number of piperazine rings is 1. The van der Waals surface area contributed by atoms with Crippen molar-refractivity contribution < 1.29 is 9.53 Å². The number of hydrogen-bond donors (Lipinski definition) is 1. The van der Waals surface area contributed by atoms with Gasteiger partial charge in [-0.2, -0.15) is 0 Å². The maximum absolute atomic E-state index is 12.6. The predicted molar refractivity (Wildman–Crippen MR) is 102 cm³/mol. The van der Waals surface area contributed by atoms with Crippen LogP contribution < -0.4 is 5.73 Å². The Labute approximate surface area is 157 Å². The highest BCUT2D eigenvalue weighted by Gasteiger charge is 2.30. The van der Waals surface area contributed by atoms with Gasteiger partial charge in [0.25, 0.3) is 0 Å². The fraction of sp³-hybridized carbons (Fsp3) is 0.588. The number of rotatable bonds is 6. The largest absolute Gasteiger partial charge is 0.383 e. The van der Waals surface area contributed by atoms with Crippen molar-refractivity contribution >= 4 is 30.7 Å². The molecule has 2 rings (SSSR count). The third kappa shape index (κ3) is 5.90. The average Bonchev–Trinajstić information content (AvgIpc) is 2.59. The number of methoxy groups -OCH3 is 1. The first-order chi connectivity index (χ1) is 10.7. The molecule has 0 aliphatic carbocycles. The summed E-state index contributed by atoms with van der Waals surface area (Å²) in [4.78, 5) is 17.0. The summed E-state index contributed by atoms with van der Waals surface area (Å²) < 4.78 is 5.17. The summed E-state index contributed by atoms with van der Waals surface area (Å²) in [5.74, 6) is 0.0241. The Morgan fingerprint density at radius 3 is 2.54 bits per heavy atom. The Balaban J connectivity index is 0.00000264. The van der Waals surface area contributed by atoms with E-state index in [1.165, 1.54) is 0 Å². The van der Waals surface area contributed by atoms with Crippen molar-refractivity contribution in [2.24, 2.45) is 5.73 Å². The highest BCUT2D eigenvalue weighted by molar-refractivity contribution is 5.85. The second-order valence-corrected chi connectivity index (χ2v) is 5.76. The average molecular weight is 378 g/mol. The number of carbonyl (C=O) groups excluding carboxylic acids is 1. The van der Waals surface area contributed by atoms with E-state index in [0.717, 1.165) is 44.8 Å². The summed E-state index contributed by atoms with van der Waals surface area (Å²) in [6, 6.07) is 9.41. The molecular weight excluding hydrogens is 349 g/mol. The van der Waals surface area contributed by atoms with Crippen LogP contribution in [0.2, 0.25) is 0 Å². The summed E-state index contributed by atoms with van der Waals surface area (Å²) >= 11 is 0. The van der Waals surface area contributed by atoms with Gasteiger partial charge in [0.15, 0.2) is 0 Å². The van der Waals surface area contributed by atoms with E-state index >= 15 is 0 Å². The Bertz CT molecular complexity index is 476. The van der Waals surface area contributed by atoms with Crippen molar-refractivity contribution in [2.75, 3.05) is 39.9 Å². The third-order valence-corrected chi connectivity index (χ3v) is 4.39. The van der Waals surface area contributed by atoms with Crippen molar-refractivity contribution in [1.82, 2.24) is 9.80 Å². The molecule has 1 saturated heterocycles. The molecule has 1 aromatic rings. The van der Waals surface area contributed by atoms with E-state index in [9.17, 15) is 4.79 Å². The summed E-state index contributed by atoms with van der Waals surface area (Å²) in [7, 11) is 1.72. The summed E-state index contributed by atoms with van der Waals surface area (Å²) in [5, 5.41) is 0. The van der Waals surface area contributed by atoms with Gasteiger partial charge in [0.2, 0.25) is 5.91 Å². The van der Waals surface area contributed by atoms with Gasteiger partial charge in [0, 0.05) is 39.3 Å². The predicted octanol–water partition coefficient (Wildman–Crippen LogP) is 2.10. The summed E-state index contributed by atoms with van der Waals surface area (Å²) in [6.45, 7) is 6.18. The number of hydrogen-bond acceptors (Lipinski definition) is 4. The fourth-order valence-electron chi connectivity index (χ4n) is 2.98. The lowest BCUT2D eigenvalue weighted by molar-refractivity contribution is -0.136. The number of ether oxygens (including phenoxy) is 1. The van der Waals surface area contributed by atoms with Crippen molar-refractivity contribution in [2.45, 2.75) is 25.4 Å². The topological polar surface area (TPSA) is 58.8 Å². The van der Waals surface area contributed by atoms with Crippen LogP contribution >= 0.6 is 24.8 Å². The summed E-state index contributed by atoms with van der Waals surface area (Å²) in [5.41, 5.74) is 7.02. The minimum Gasteiger partial charge on any atom is -0.383 e. The van der Waals surface area contributed by atoms with E-state index in [0.29, 0.717) is 6.04 Å². The van der Waals surface area contributed by atoms with E-state index in [2.05, 4.69) is 11.8 Å². The van der Waals surface area contributed by atoms with Crippen LogP contribution in [0.25, 0.3) is 0 Å². The van der Waals surface area contributed by atoms with Crippen LogP contribution in [0.3, 0.4) is 0 Å². The van der Waals surface area contributed by atoms with Gasteiger partial charge < -0.3 is 15.4 Å². The van der Waals surface area contributed by atoms with Gasteiger partial charge in [-0.15, -0.1) is 24.8 Å². The second kappa shape index (κ2) is 11.7. The van der Waals surface area contributed by atoms with E-state index in [1.807, 2.05) is 35.2 Å². The molecule has 1 aliphatic rings. The Morgan fingerprint density at radius 1 is 1.29 bits per heavy atom. The molecule has 0 saturated carbocycles. The van der Waals surface area contributed by atoms with Gasteiger partial charge in [0.1, 0.15) is 6.04 Å². The Morgan fingerprint density at radius 2 is 1.96 bits per heavy atom. The zero-order valence-corrected chi connectivity index (χ0v) is 16.0. The quantitative estimate of drug-likeness (QED) is 0.824. The molecule has 0 bridgehead atoms. The van der Waals surface area contributed by atoms with Gasteiger partial charge in [-0.25, -0.2) is 0 Å². The van der Waals surface area contributed by atoms with Crippen molar-refractivity contribution in [3.8, 4) is 0 Å². The zero-order chi connectivity index (χ0) is 15.9. The molecule has 24 heavy (non-hydrogen) atoms. The first-order valence-electron chi connectivity index (χ1n) is 7.99. The van der Waals surface area contributed by atoms with Gasteiger partial charge >= 0.3 is 0 Å². The number of carbonyl (C=O) groups is 1. The highest BCUT2D eigenvalue weighted by atomic mass is 35.5. The molecule has 2 unspecified atom stereocenters. The number of nitrogens with two attached hydrogens (primary N) is 1. The van der Waals surface area contributed by atoms with E-state index in [4.69, 9.17) is 10.5 Å².